The third-order valence-electron chi connectivity index (χ3n) is 4.85. The average molecular weight is 351 g/mol. The van der Waals surface area contributed by atoms with Crippen molar-refractivity contribution in [2.45, 2.75) is 45.3 Å². The maximum absolute atomic E-state index is 6.29. The Morgan fingerprint density at radius 3 is 2.31 bits per heavy atom. The highest BCUT2D eigenvalue weighted by Crippen LogP contribution is 2.34. The predicted molar refractivity (Wildman–Crippen MR) is 107 cm³/mol. The zero-order valence-electron chi connectivity index (χ0n) is 16.2. The van der Waals surface area contributed by atoms with Crippen molar-refractivity contribution in [2.24, 2.45) is 10.9 Å². The van der Waals surface area contributed by atoms with Gasteiger partial charge in [0.25, 0.3) is 0 Å². The fourth-order valence-corrected chi connectivity index (χ4v) is 3.47. The fourth-order valence-electron chi connectivity index (χ4n) is 3.47. The molecule has 1 aliphatic rings. The Morgan fingerprint density at radius 2 is 1.69 bits per heavy atom. The Balaban J connectivity index is 1.76. The van der Waals surface area contributed by atoms with E-state index in [2.05, 4.69) is 57.2 Å². The number of ether oxygens (including phenoxy) is 2. The quantitative estimate of drug-likeness (QED) is 0.689. The van der Waals surface area contributed by atoms with Gasteiger partial charge in [-0.25, -0.2) is 4.99 Å². The number of rotatable bonds is 7. The van der Waals surface area contributed by atoms with Crippen LogP contribution < -0.4 is 0 Å². The molecule has 2 aromatic carbocycles. The molecule has 1 aliphatic heterocycles. The highest BCUT2D eigenvalue weighted by molar-refractivity contribution is 5.85. The molecule has 138 valence electrons. The van der Waals surface area contributed by atoms with Crippen LogP contribution in [0, 0.1) is 5.92 Å². The van der Waals surface area contributed by atoms with Crippen LogP contribution in [0.5, 0.6) is 0 Å². The topological polar surface area (TPSA) is 30.8 Å². The van der Waals surface area contributed by atoms with Crippen molar-refractivity contribution in [1.29, 1.82) is 0 Å². The summed E-state index contributed by atoms with van der Waals surface area (Å²) in [5.41, 5.74) is 3.76. The largest absolute Gasteiger partial charge is 0.470 e. The summed E-state index contributed by atoms with van der Waals surface area (Å²) < 4.78 is 11.7. The smallest absolute Gasteiger partial charge is 0.191 e. The van der Waals surface area contributed by atoms with Crippen LogP contribution in [0.25, 0.3) is 0 Å². The summed E-state index contributed by atoms with van der Waals surface area (Å²) in [6.07, 6.45) is 1.03. The molecule has 1 heterocycles. The molecule has 0 saturated carbocycles. The molecule has 0 amide bonds. The van der Waals surface area contributed by atoms with Gasteiger partial charge in [0.15, 0.2) is 5.90 Å². The van der Waals surface area contributed by atoms with E-state index in [1.54, 1.807) is 7.11 Å². The van der Waals surface area contributed by atoms with E-state index in [0.717, 1.165) is 17.9 Å². The molecule has 0 bridgehead atoms. The number of hydrogen-bond acceptors (Lipinski definition) is 3. The Kier molecular flexibility index (Phi) is 6.10. The molecule has 0 aromatic heterocycles. The van der Waals surface area contributed by atoms with Crippen LogP contribution >= 0.6 is 0 Å². The van der Waals surface area contributed by atoms with Crippen molar-refractivity contribution in [3.05, 3.63) is 71.3 Å². The van der Waals surface area contributed by atoms with E-state index in [9.17, 15) is 0 Å². The van der Waals surface area contributed by atoms with Gasteiger partial charge in [0.2, 0.25) is 0 Å². The third-order valence-corrected chi connectivity index (χ3v) is 4.85. The number of hydrogen-bond donors (Lipinski definition) is 0. The number of benzene rings is 2. The molecule has 3 rings (SSSR count). The Morgan fingerprint density at radius 1 is 1.00 bits per heavy atom. The van der Waals surface area contributed by atoms with Crippen molar-refractivity contribution in [3.63, 3.8) is 0 Å². The Hall–Kier alpha value is -2.13. The summed E-state index contributed by atoms with van der Waals surface area (Å²) in [5.74, 6) is 1.61. The van der Waals surface area contributed by atoms with Crippen molar-refractivity contribution >= 4 is 5.90 Å². The molecule has 3 heteroatoms. The van der Waals surface area contributed by atoms with Gasteiger partial charge in [0.1, 0.15) is 12.1 Å². The minimum Gasteiger partial charge on any atom is -0.470 e. The molecule has 0 unspecified atom stereocenters. The van der Waals surface area contributed by atoms with Crippen LogP contribution in [-0.4, -0.2) is 25.7 Å². The predicted octanol–water partition coefficient (Wildman–Crippen LogP) is 5.17. The molecule has 0 spiro atoms. The monoisotopic (exact) mass is 351 g/mol. The van der Waals surface area contributed by atoms with E-state index in [0.29, 0.717) is 12.5 Å². The lowest BCUT2D eigenvalue weighted by atomic mass is 9.96. The first-order valence-electron chi connectivity index (χ1n) is 9.45. The van der Waals surface area contributed by atoms with Crippen LogP contribution in [0.2, 0.25) is 0 Å². The molecule has 0 aliphatic carbocycles. The van der Waals surface area contributed by atoms with Crippen LogP contribution in [0.1, 0.15) is 49.5 Å². The summed E-state index contributed by atoms with van der Waals surface area (Å²) in [6.45, 7) is 7.21. The fraction of sp³-hybridized carbons (Fsp3) is 0.435. The van der Waals surface area contributed by atoms with Gasteiger partial charge in [-0.3, -0.25) is 0 Å². The molecular formula is C23H29NO2. The minimum absolute atomic E-state index is 0.0000594. The maximum atomic E-state index is 6.29. The molecule has 3 atom stereocenters. The average Bonchev–Trinajstić information content (AvgIpc) is 3.06. The van der Waals surface area contributed by atoms with Crippen molar-refractivity contribution in [3.8, 4) is 0 Å². The molecule has 0 radical (unpaired) electrons. The van der Waals surface area contributed by atoms with Gasteiger partial charge in [0.05, 0.1) is 12.5 Å². The van der Waals surface area contributed by atoms with Crippen LogP contribution in [0.3, 0.4) is 0 Å². The molecule has 3 nitrogen and oxygen atoms in total. The van der Waals surface area contributed by atoms with E-state index in [4.69, 9.17) is 14.5 Å². The first-order chi connectivity index (χ1) is 12.6. The van der Waals surface area contributed by atoms with E-state index >= 15 is 0 Å². The number of methoxy groups -OCH3 is 1. The number of nitrogens with zero attached hydrogens (tertiary/aromatic N) is 1. The standard InChI is InChI=1S/C23H29NO2/c1-16(2)14-18-10-12-19(13-11-18)17(3)23-24-21(15-25-4)22(26-23)20-8-6-5-7-9-20/h5-13,16-17,21-22H,14-15H2,1-4H3/t17-,21-,22-/m0/s1. The van der Waals surface area contributed by atoms with Gasteiger partial charge in [0, 0.05) is 7.11 Å². The highest BCUT2D eigenvalue weighted by atomic mass is 16.5. The van der Waals surface area contributed by atoms with E-state index in [1.807, 2.05) is 18.2 Å². The first-order valence-corrected chi connectivity index (χ1v) is 9.45. The summed E-state index contributed by atoms with van der Waals surface area (Å²) in [7, 11) is 1.71. The summed E-state index contributed by atoms with van der Waals surface area (Å²) in [6, 6.07) is 19.1. The molecule has 26 heavy (non-hydrogen) atoms. The van der Waals surface area contributed by atoms with Crippen LogP contribution in [0.15, 0.2) is 59.6 Å². The molecule has 2 aromatic rings. The van der Waals surface area contributed by atoms with Crippen molar-refractivity contribution in [2.75, 3.05) is 13.7 Å². The van der Waals surface area contributed by atoms with Gasteiger partial charge < -0.3 is 9.47 Å². The molecule has 0 fully saturated rings. The highest BCUT2D eigenvalue weighted by Gasteiger charge is 2.34. The van der Waals surface area contributed by atoms with Gasteiger partial charge in [-0.05, 0) is 36.0 Å². The SMILES string of the molecule is COC[C@@H]1N=C([C@@H](C)c2ccc(CC(C)C)cc2)O[C@H]1c1ccccc1. The Bertz CT molecular complexity index is 722. The van der Waals surface area contributed by atoms with Gasteiger partial charge in [-0.15, -0.1) is 0 Å². The second kappa shape index (κ2) is 8.50. The van der Waals surface area contributed by atoms with E-state index in [-0.39, 0.29) is 18.1 Å². The van der Waals surface area contributed by atoms with E-state index < -0.39 is 0 Å². The zero-order valence-corrected chi connectivity index (χ0v) is 16.2. The molecular weight excluding hydrogens is 322 g/mol. The molecule has 0 N–H and O–H groups in total. The van der Waals surface area contributed by atoms with Crippen LogP contribution in [0.4, 0.5) is 0 Å². The van der Waals surface area contributed by atoms with Crippen molar-refractivity contribution < 1.29 is 9.47 Å². The second-order valence-corrected chi connectivity index (χ2v) is 7.50. The zero-order chi connectivity index (χ0) is 18.5. The summed E-state index contributed by atoms with van der Waals surface area (Å²) in [5, 5.41) is 0. The number of aliphatic imine (C=N–C) groups is 1. The first kappa shape index (κ1) is 18.7. The van der Waals surface area contributed by atoms with Crippen LogP contribution in [-0.2, 0) is 15.9 Å². The third kappa shape index (κ3) is 4.34. The Labute approximate surface area is 157 Å². The molecule has 0 saturated heterocycles. The summed E-state index contributed by atoms with van der Waals surface area (Å²) in [4.78, 5) is 4.85. The lowest BCUT2D eigenvalue weighted by Gasteiger charge is -2.19. The van der Waals surface area contributed by atoms with Crippen molar-refractivity contribution in [1.82, 2.24) is 0 Å². The normalized spacial score (nSPS) is 20.7. The van der Waals surface area contributed by atoms with Gasteiger partial charge in [-0.2, -0.15) is 0 Å². The lowest BCUT2D eigenvalue weighted by molar-refractivity contribution is 0.118. The second-order valence-electron chi connectivity index (χ2n) is 7.50. The summed E-state index contributed by atoms with van der Waals surface area (Å²) >= 11 is 0. The minimum atomic E-state index is -0.0752. The maximum Gasteiger partial charge on any atom is 0.191 e. The van der Waals surface area contributed by atoms with Gasteiger partial charge >= 0.3 is 0 Å². The van der Waals surface area contributed by atoms with Gasteiger partial charge in [-0.1, -0.05) is 68.4 Å². The lowest BCUT2D eigenvalue weighted by Crippen LogP contribution is -2.19. The van der Waals surface area contributed by atoms with E-state index in [1.165, 1.54) is 11.1 Å².